The molecule has 0 heterocycles. The van der Waals surface area contributed by atoms with Crippen LogP contribution >= 0.6 is 79.6 Å². The second-order valence-electron chi connectivity index (χ2n) is 5.06. The molecule has 0 aromatic heterocycles. The molecule has 2 aromatic carbocycles. The number of benzene rings is 2. The lowest BCUT2D eigenvalue weighted by atomic mass is 10.2. The largest absolute Gasteiger partial charge is 0.506 e. The van der Waals surface area contributed by atoms with Crippen LogP contribution in [0.15, 0.2) is 45.7 Å². The summed E-state index contributed by atoms with van der Waals surface area (Å²) < 4.78 is 8.69. The van der Waals surface area contributed by atoms with E-state index in [1.54, 1.807) is 6.07 Å². The molecule has 0 atom stereocenters. The summed E-state index contributed by atoms with van der Waals surface area (Å²) >= 11 is 16.7. The first-order valence-electron chi connectivity index (χ1n) is 6.97. The maximum atomic E-state index is 11.9. The molecular weight excluding hydrogens is 668 g/mol. The predicted octanol–water partition coefficient (Wildman–Crippen LogP) is 6.04. The number of rotatable bonds is 5. The molecule has 2 N–H and O–H groups in total. The van der Waals surface area contributed by atoms with Crippen molar-refractivity contribution >= 4 is 91.8 Å². The molecule has 0 radical (unpaired) electrons. The molecule has 0 saturated carbocycles. The van der Waals surface area contributed by atoms with Crippen LogP contribution in [0.25, 0.3) is 0 Å². The summed E-state index contributed by atoms with van der Waals surface area (Å²) in [4.78, 5) is 11.9. The molecule has 0 aliphatic carbocycles. The van der Waals surface area contributed by atoms with Crippen LogP contribution in [0.5, 0.6) is 11.5 Å². The highest BCUT2D eigenvalue weighted by Gasteiger charge is 2.13. The van der Waals surface area contributed by atoms with Gasteiger partial charge in [-0.1, -0.05) is 15.9 Å². The average Bonchev–Trinajstić information content (AvgIpc) is 2.55. The molecular formula is C16H11Br5N2O3. The topological polar surface area (TPSA) is 70.9 Å². The standard InChI is InChI=1S/C16H11Br5N2O3/c1-7-2-11(19)16(12(20)3-7)26-6-13(24)23-22-5-8-9(17)4-10(18)15(25)14(8)21/h2-5,25H,6H2,1H3,(H,23,24). The van der Waals surface area contributed by atoms with Gasteiger partial charge in [0, 0.05) is 10.0 Å². The number of halogens is 5. The van der Waals surface area contributed by atoms with Crippen molar-refractivity contribution in [1.29, 1.82) is 0 Å². The van der Waals surface area contributed by atoms with Crippen molar-refractivity contribution in [3.63, 3.8) is 0 Å². The maximum Gasteiger partial charge on any atom is 0.277 e. The minimum absolute atomic E-state index is 0.0402. The number of nitrogens with one attached hydrogen (secondary N) is 1. The summed E-state index contributed by atoms with van der Waals surface area (Å²) in [5.41, 5.74) is 4.01. The second kappa shape index (κ2) is 9.68. The third kappa shape index (κ3) is 5.54. The first-order chi connectivity index (χ1) is 12.2. The Labute approximate surface area is 192 Å². The third-order valence-corrected chi connectivity index (χ3v) is 6.30. The number of carbonyl (C=O) groups is 1. The fourth-order valence-corrected chi connectivity index (χ4v) is 5.85. The number of ether oxygens (including phenoxy) is 1. The van der Waals surface area contributed by atoms with E-state index < -0.39 is 5.91 Å². The van der Waals surface area contributed by atoms with E-state index in [1.165, 1.54) is 6.21 Å². The zero-order valence-corrected chi connectivity index (χ0v) is 21.0. The Morgan fingerprint density at radius 2 is 1.73 bits per heavy atom. The van der Waals surface area contributed by atoms with Crippen molar-refractivity contribution < 1.29 is 14.6 Å². The molecule has 26 heavy (non-hydrogen) atoms. The number of amides is 1. The molecule has 0 aliphatic heterocycles. The number of hydrazone groups is 1. The van der Waals surface area contributed by atoms with Crippen LogP contribution in [0.4, 0.5) is 0 Å². The normalized spacial score (nSPS) is 11.0. The molecule has 0 spiro atoms. The minimum atomic E-state index is -0.422. The van der Waals surface area contributed by atoms with Gasteiger partial charge in [0.25, 0.3) is 5.91 Å². The van der Waals surface area contributed by atoms with Gasteiger partial charge >= 0.3 is 0 Å². The van der Waals surface area contributed by atoms with Crippen LogP contribution in [0, 0.1) is 6.92 Å². The van der Waals surface area contributed by atoms with E-state index in [-0.39, 0.29) is 12.4 Å². The quantitative estimate of drug-likeness (QED) is 0.299. The molecule has 0 fully saturated rings. The van der Waals surface area contributed by atoms with Crippen molar-refractivity contribution in [2.24, 2.45) is 5.10 Å². The predicted molar refractivity (Wildman–Crippen MR) is 119 cm³/mol. The van der Waals surface area contributed by atoms with Crippen LogP contribution in [0.2, 0.25) is 0 Å². The molecule has 0 saturated heterocycles. The highest BCUT2D eigenvalue weighted by molar-refractivity contribution is 9.12. The summed E-state index contributed by atoms with van der Waals surface area (Å²) in [5.74, 6) is 0.158. The van der Waals surface area contributed by atoms with Gasteiger partial charge in [-0.2, -0.15) is 5.10 Å². The maximum absolute atomic E-state index is 11.9. The molecule has 0 bridgehead atoms. The lowest BCUT2D eigenvalue weighted by Gasteiger charge is -2.10. The Bertz CT molecular complexity index is 864. The molecule has 0 aliphatic rings. The molecule has 138 valence electrons. The SMILES string of the molecule is Cc1cc(Br)c(OCC(=O)NN=Cc2c(Br)cc(Br)c(O)c2Br)c(Br)c1. The fraction of sp³-hybridized carbons (Fsp3) is 0.125. The molecule has 0 unspecified atom stereocenters. The zero-order valence-electron chi connectivity index (χ0n) is 13.1. The number of nitrogens with zero attached hydrogens (tertiary/aromatic N) is 1. The average molecular weight is 679 g/mol. The van der Waals surface area contributed by atoms with E-state index in [0.717, 1.165) is 14.5 Å². The van der Waals surface area contributed by atoms with Crippen molar-refractivity contribution in [1.82, 2.24) is 5.43 Å². The summed E-state index contributed by atoms with van der Waals surface area (Å²) in [7, 11) is 0. The molecule has 5 nitrogen and oxygen atoms in total. The van der Waals surface area contributed by atoms with E-state index in [1.807, 2.05) is 19.1 Å². The Balaban J connectivity index is 2.00. The number of aromatic hydroxyl groups is 1. The number of hydrogen-bond donors (Lipinski definition) is 2. The van der Waals surface area contributed by atoms with E-state index in [9.17, 15) is 9.90 Å². The Kier molecular flexibility index (Phi) is 8.14. The van der Waals surface area contributed by atoms with E-state index >= 15 is 0 Å². The van der Waals surface area contributed by atoms with Gasteiger partial charge in [-0.15, -0.1) is 0 Å². The van der Waals surface area contributed by atoms with Gasteiger partial charge in [-0.3, -0.25) is 4.79 Å². The van der Waals surface area contributed by atoms with Gasteiger partial charge < -0.3 is 9.84 Å². The monoisotopic (exact) mass is 674 g/mol. The molecule has 2 aromatic rings. The van der Waals surface area contributed by atoms with E-state index in [4.69, 9.17) is 4.74 Å². The van der Waals surface area contributed by atoms with Crippen LogP contribution < -0.4 is 10.2 Å². The third-order valence-electron chi connectivity index (χ3n) is 3.05. The van der Waals surface area contributed by atoms with Crippen LogP contribution in [-0.2, 0) is 4.79 Å². The van der Waals surface area contributed by atoms with Crippen LogP contribution in [0.3, 0.4) is 0 Å². The van der Waals surface area contributed by atoms with E-state index in [2.05, 4.69) is 90.2 Å². The Hall–Kier alpha value is -0.420. The fourth-order valence-electron chi connectivity index (χ4n) is 1.88. The minimum Gasteiger partial charge on any atom is -0.506 e. The smallest absolute Gasteiger partial charge is 0.277 e. The van der Waals surface area contributed by atoms with Crippen molar-refractivity contribution in [2.45, 2.75) is 6.92 Å². The van der Waals surface area contributed by atoms with Crippen molar-refractivity contribution in [3.8, 4) is 11.5 Å². The highest BCUT2D eigenvalue weighted by atomic mass is 79.9. The second-order valence-corrected chi connectivity index (χ2v) is 9.27. The zero-order chi connectivity index (χ0) is 19.4. The summed E-state index contributed by atoms with van der Waals surface area (Å²) in [6, 6.07) is 5.47. The van der Waals surface area contributed by atoms with Gasteiger partial charge in [0.05, 0.1) is 24.1 Å². The number of carbonyl (C=O) groups excluding carboxylic acids is 1. The van der Waals surface area contributed by atoms with Gasteiger partial charge in [0.1, 0.15) is 11.5 Å². The summed E-state index contributed by atoms with van der Waals surface area (Å²) in [6.45, 7) is 1.75. The number of phenolic OH excluding ortho intramolecular Hbond substituents is 1. The Morgan fingerprint density at radius 1 is 1.12 bits per heavy atom. The van der Waals surface area contributed by atoms with Crippen molar-refractivity contribution in [3.05, 3.63) is 51.7 Å². The van der Waals surface area contributed by atoms with Crippen molar-refractivity contribution in [2.75, 3.05) is 6.61 Å². The Morgan fingerprint density at radius 3 is 2.35 bits per heavy atom. The first-order valence-corrected chi connectivity index (χ1v) is 10.9. The van der Waals surface area contributed by atoms with Crippen LogP contribution in [-0.4, -0.2) is 23.8 Å². The lowest BCUT2D eigenvalue weighted by Crippen LogP contribution is -2.24. The highest BCUT2D eigenvalue weighted by Crippen LogP contribution is 2.38. The lowest BCUT2D eigenvalue weighted by molar-refractivity contribution is -0.123. The van der Waals surface area contributed by atoms with Gasteiger partial charge in [-0.25, -0.2) is 5.43 Å². The van der Waals surface area contributed by atoms with Gasteiger partial charge in [0.15, 0.2) is 6.61 Å². The summed E-state index contributed by atoms with van der Waals surface area (Å²) in [5, 5.41) is 13.8. The number of phenols is 1. The van der Waals surface area contributed by atoms with E-state index in [0.29, 0.717) is 24.7 Å². The first kappa shape index (κ1) is 21.9. The number of aryl methyl sites for hydroxylation is 1. The van der Waals surface area contributed by atoms with Gasteiger partial charge in [-0.05, 0) is 94.4 Å². The van der Waals surface area contributed by atoms with Crippen LogP contribution in [0.1, 0.15) is 11.1 Å². The van der Waals surface area contributed by atoms with Gasteiger partial charge in [0.2, 0.25) is 0 Å². The number of hydrogen-bond acceptors (Lipinski definition) is 4. The summed E-state index contributed by atoms with van der Waals surface area (Å²) in [6.07, 6.45) is 1.41. The molecule has 2 rings (SSSR count). The molecule has 1 amide bonds. The molecule has 10 heteroatoms.